The van der Waals surface area contributed by atoms with Gasteiger partial charge in [-0.25, -0.2) is 9.97 Å². The molecular formula is C24H28N4O. The highest BCUT2D eigenvalue weighted by atomic mass is 16.2. The van der Waals surface area contributed by atoms with Crippen LogP contribution in [0.15, 0.2) is 66.7 Å². The highest BCUT2D eigenvalue weighted by Gasteiger charge is 2.13. The van der Waals surface area contributed by atoms with E-state index in [9.17, 15) is 4.79 Å². The summed E-state index contributed by atoms with van der Waals surface area (Å²) in [4.78, 5) is 23.9. The van der Waals surface area contributed by atoms with Crippen LogP contribution in [0.3, 0.4) is 0 Å². The minimum Gasteiger partial charge on any atom is -0.361 e. The SMILES string of the molecule is CCCN(CCC)C(=O)CNc1cc(-c2ccccc2)nc(-c2ccccc2)n1. The van der Waals surface area contributed by atoms with E-state index in [1.807, 2.05) is 71.6 Å². The molecule has 29 heavy (non-hydrogen) atoms. The molecule has 5 nitrogen and oxygen atoms in total. The normalized spacial score (nSPS) is 10.6. The molecule has 0 aliphatic carbocycles. The number of nitrogens with one attached hydrogen (secondary N) is 1. The number of rotatable bonds is 9. The first-order valence-corrected chi connectivity index (χ1v) is 10.2. The van der Waals surface area contributed by atoms with E-state index < -0.39 is 0 Å². The van der Waals surface area contributed by atoms with Gasteiger partial charge in [-0.1, -0.05) is 74.5 Å². The van der Waals surface area contributed by atoms with Crippen molar-refractivity contribution in [3.63, 3.8) is 0 Å². The summed E-state index contributed by atoms with van der Waals surface area (Å²) in [6.45, 7) is 5.96. The predicted molar refractivity (Wildman–Crippen MR) is 119 cm³/mol. The zero-order chi connectivity index (χ0) is 20.5. The molecule has 0 unspecified atom stereocenters. The van der Waals surface area contributed by atoms with Gasteiger partial charge in [-0.2, -0.15) is 0 Å². The van der Waals surface area contributed by atoms with Crippen molar-refractivity contribution in [2.45, 2.75) is 26.7 Å². The third-order valence-electron chi connectivity index (χ3n) is 4.59. The number of amides is 1. The summed E-state index contributed by atoms with van der Waals surface area (Å²) in [6.07, 6.45) is 1.91. The Balaban J connectivity index is 1.86. The van der Waals surface area contributed by atoms with Gasteiger partial charge in [0.2, 0.25) is 5.91 Å². The van der Waals surface area contributed by atoms with Crippen LogP contribution in [-0.2, 0) is 4.79 Å². The molecule has 3 aromatic rings. The van der Waals surface area contributed by atoms with Gasteiger partial charge < -0.3 is 10.2 Å². The number of hydrogen-bond donors (Lipinski definition) is 1. The maximum absolute atomic E-state index is 12.6. The lowest BCUT2D eigenvalue weighted by Gasteiger charge is -2.21. The minimum atomic E-state index is 0.0924. The van der Waals surface area contributed by atoms with E-state index in [1.54, 1.807) is 0 Å². The topological polar surface area (TPSA) is 58.1 Å². The zero-order valence-electron chi connectivity index (χ0n) is 17.1. The minimum absolute atomic E-state index is 0.0924. The Hall–Kier alpha value is -3.21. The van der Waals surface area contributed by atoms with Crippen molar-refractivity contribution in [1.29, 1.82) is 0 Å². The highest BCUT2D eigenvalue weighted by Crippen LogP contribution is 2.24. The van der Waals surface area contributed by atoms with Gasteiger partial charge in [-0.3, -0.25) is 4.79 Å². The molecule has 150 valence electrons. The summed E-state index contributed by atoms with van der Waals surface area (Å²) in [5, 5.41) is 3.22. The van der Waals surface area contributed by atoms with Crippen LogP contribution in [0.5, 0.6) is 0 Å². The summed E-state index contributed by atoms with van der Waals surface area (Å²) in [5.41, 5.74) is 2.78. The monoisotopic (exact) mass is 388 g/mol. The van der Waals surface area contributed by atoms with Crippen LogP contribution in [-0.4, -0.2) is 40.4 Å². The average Bonchev–Trinajstić information content (AvgIpc) is 2.78. The molecule has 5 heteroatoms. The van der Waals surface area contributed by atoms with Gasteiger partial charge in [0.25, 0.3) is 0 Å². The molecule has 1 heterocycles. The van der Waals surface area contributed by atoms with Gasteiger partial charge in [0.05, 0.1) is 12.2 Å². The van der Waals surface area contributed by atoms with E-state index in [2.05, 4.69) is 24.1 Å². The van der Waals surface area contributed by atoms with E-state index in [0.29, 0.717) is 11.6 Å². The molecule has 0 bridgehead atoms. The first-order valence-electron chi connectivity index (χ1n) is 10.2. The number of nitrogens with zero attached hydrogens (tertiary/aromatic N) is 3. The molecule has 0 saturated heterocycles. The van der Waals surface area contributed by atoms with Gasteiger partial charge in [-0.05, 0) is 12.8 Å². The molecule has 0 spiro atoms. The number of benzene rings is 2. The number of carbonyl (C=O) groups is 1. The van der Waals surface area contributed by atoms with E-state index >= 15 is 0 Å². The Kier molecular flexibility index (Phi) is 7.34. The lowest BCUT2D eigenvalue weighted by molar-refractivity contribution is -0.129. The molecule has 2 aromatic carbocycles. The van der Waals surface area contributed by atoms with Gasteiger partial charge in [0.15, 0.2) is 5.82 Å². The third-order valence-corrected chi connectivity index (χ3v) is 4.59. The second kappa shape index (κ2) is 10.4. The van der Waals surface area contributed by atoms with Crippen LogP contribution in [0.25, 0.3) is 22.6 Å². The standard InChI is InChI=1S/C24H28N4O/c1-3-15-28(16-4-2)23(29)18-25-22-17-21(19-11-7-5-8-12-19)26-24(27-22)20-13-9-6-10-14-20/h5-14,17H,3-4,15-16,18H2,1-2H3,(H,25,26,27). The average molecular weight is 389 g/mol. The molecule has 0 saturated carbocycles. The Morgan fingerprint density at radius 2 is 1.45 bits per heavy atom. The fraction of sp³-hybridized carbons (Fsp3) is 0.292. The van der Waals surface area contributed by atoms with E-state index in [0.717, 1.165) is 42.8 Å². The number of anilines is 1. The van der Waals surface area contributed by atoms with E-state index in [4.69, 9.17) is 4.98 Å². The fourth-order valence-corrected chi connectivity index (χ4v) is 3.19. The molecule has 0 aliphatic rings. The van der Waals surface area contributed by atoms with E-state index in [1.165, 1.54) is 0 Å². The molecular weight excluding hydrogens is 360 g/mol. The van der Waals surface area contributed by atoms with Crippen LogP contribution >= 0.6 is 0 Å². The van der Waals surface area contributed by atoms with Crippen LogP contribution in [0.2, 0.25) is 0 Å². The Bertz CT molecular complexity index is 849. The fourth-order valence-electron chi connectivity index (χ4n) is 3.19. The molecule has 0 aliphatic heterocycles. The van der Waals surface area contributed by atoms with Crippen LogP contribution in [0, 0.1) is 0 Å². The number of carbonyl (C=O) groups excluding carboxylic acids is 1. The maximum Gasteiger partial charge on any atom is 0.241 e. The van der Waals surface area contributed by atoms with Crippen molar-refractivity contribution in [3.8, 4) is 22.6 Å². The summed E-state index contributed by atoms with van der Waals surface area (Å²) in [5.74, 6) is 1.38. The quantitative estimate of drug-likeness (QED) is 0.568. The van der Waals surface area contributed by atoms with Gasteiger partial charge >= 0.3 is 0 Å². The van der Waals surface area contributed by atoms with Gasteiger partial charge in [-0.15, -0.1) is 0 Å². The van der Waals surface area contributed by atoms with Crippen molar-refractivity contribution in [3.05, 3.63) is 66.7 Å². The van der Waals surface area contributed by atoms with Crippen LogP contribution in [0.1, 0.15) is 26.7 Å². The molecule has 1 amide bonds. The lowest BCUT2D eigenvalue weighted by atomic mass is 10.1. The summed E-state index contributed by atoms with van der Waals surface area (Å²) in [6, 6.07) is 21.8. The largest absolute Gasteiger partial charge is 0.361 e. The first kappa shape index (κ1) is 20.5. The summed E-state index contributed by atoms with van der Waals surface area (Å²) in [7, 11) is 0. The third kappa shape index (κ3) is 5.64. The van der Waals surface area contributed by atoms with Crippen molar-refractivity contribution in [1.82, 2.24) is 14.9 Å². The molecule has 0 fully saturated rings. The number of aromatic nitrogens is 2. The van der Waals surface area contributed by atoms with Crippen LogP contribution < -0.4 is 5.32 Å². The highest BCUT2D eigenvalue weighted by molar-refractivity contribution is 5.81. The Labute approximate surface area is 172 Å². The smallest absolute Gasteiger partial charge is 0.241 e. The van der Waals surface area contributed by atoms with Crippen molar-refractivity contribution >= 4 is 11.7 Å². The van der Waals surface area contributed by atoms with Crippen LogP contribution in [0.4, 0.5) is 5.82 Å². The van der Waals surface area contributed by atoms with Crippen molar-refractivity contribution in [2.24, 2.45) is 0 Å². The van der Waals surface area contributed by atoms with Crippen molar-refractivity contribution in [2.75, 3.05) is 25.0 Å². The molecule has 0 atom stereocenters. The molecule has 0 radical (unpaired) electrons. The molecule has 1 N–H and O–H groups in total. The lowest BCUT2D eigenvalue weighted by Crippen LogP contribution is -2.36. The second-order valence-electron chi connectivity index (χ2n) is 6.93. The Morgan fingerprint density at radius 1 is 0.862 bits per heavy atom. The molecule has 3 rings (SSSR count). The Morgan fingerprint density at radius 3 is 2.03 bits per heavy atom. The van der Waals surface area contributed by atoms with Gasteiger partial charge in [0.1, 0.15) is 5.82 Å². The maximum atomic E-state index is 12.6. The summed E-state index contributed by atoms with van der Waals surface area (Å²) >= 11 is 0. The second-order valence-corrected chi connectivity index (χ2v) is 6.93. The molecule has 1 aromatic heterocycles. The van der Waals surface area contributed by atoms with Crippen molar-refractivity contribution < 1.29 is 4.79 Å². The predicted octanol–water partition coefficient (Wildman–Crippen LogP) is 4.87. The first-order chi connectivity index (χ1) is 14.2. The van der Waals surface area contributed by atoms with E-state index in [-0.39, 0.29) is 12.5 Å². The summed E-state index contributed by atoms with van der Waals surface area (Å²) < 4.78 is 0. The zero-order valence-corrected chi connectivity index (χ0v) is 17.1. The van der Waals surface area contributed by atoms with Gasteiger partial charge in [0, 0.05) is 30.3 Å². The number of hydrogen-bond acceptors (Lipinski definition) is 4.